The molecule has 66 heavy (non-hydrogen) atoms. The zero-order valence-corrected chi connectivity index (χ0v) is 36.1. The second-order valence-corrected chi connectivity index (χ2v) is 16.8. The highest BCUT2D eigenvalue weighted by atomic mass is 14.7. The van der Waals surface area contributed by atoms with E-state index >= 15 is 0 Å². The molecule has 0 amide bonds. The fraction of sp³-hybridized carbons (Fsp3) is 0. The monoisotopic (exact) mass is 838 g/mol. The third-order valence-electron chi connectivity index (χ3n) is 12.9. The van der Waals surface area contributed by atoms with Crippen LogP contribution in [-0.4, -0.2) is 9.97 Å². The average molecular weight is 839 g/mol. The Morgan fingerprint density at radius 1 is 0.182 bits per heavy atom. The van der Waals surface area contributed by atoms with E-state index in [4.69, 9.17) is 9.97 Å². The molecule has 0 saturated carbocycles. The minimum absolute atomic E-state index is 0.955. The van der Waals surface area contributed by atoms with E-state index in [0.29, 0.717) is 0 Å². The lowest BCUT2D eigenvalue weighted by Gasteiger charge is -2.21. The van der Waals surface area contributed by atoms with E-state index in [9.17, 15) is 0 Å². The molecule has 0 spiro atoms. The highest BCUT2D eigenvalue weighted by Gasteiger charge is 2.22. The molecule has 2 aromatic heterocycles. The fourth-order valence-electron chi connectivity index (χ4n) is 9.83. The smallest absolute Gasteiger partial charge is 0.0788 e. The average Bonchev–Trinajstić information content (AvgIpc) is 3.41. The van der Waals surface area contributed by atoms with Crippen molar-refractivity contribution < 1.29 is 0 Å². The molecule has 12 aromatic rings. The molecule has 10 aromatic carbocycles. The molecule has 0 saturated heterocycles. The van der Waals surface area contributed by atoms with Crippen LogP contribution in [0.25, 0.3) is 122 Å². The number of rotatable bonds is 8. The number of hydrogen-bond donors (Lipinski definition) is 0. The Bertz CT molecular complexity index is 3660. The molecular weight excluding hydrogens is 797 g/mol. The van der Waals surface area contributed by atoms with Crippen LogP contribution in [0.1, 0.15) is 0 Å². The topological polar surface area (TPSA) is 25.8 Å². The van der Waals surface area contributed by atoms with Crippen LogP contribution in [0, 0.1) is 0 Å². The second-order valence-electron chi connectivity index (χ2n) is 16.8. The normalized spacial score (nSPS) is 11.3. The van der Waals surface area contributed by atoms with Gasteiger partial charge in [-0.2, -0.15) is 0 Å². The Labute approximate surface area is 384 Å². The summed E-state index contributed by atoms with van der Waals surface area (Å²) in [7, 11) is 0. The molecule has 0 bridgehead atoms. The number of benzene rings is 10. The van der Waals surface area contributed by atoms with E-state index in [-0.39, 0.29) is 0 Å². The van der Waals surface area contributed by atoms with E-state index in [2.05, 4.69) is 249 Å². The van der Waals surface area contributed by atoms with Crippen molar-refractivity contribution >= 4 is 32.3 Å². The van der Waals surface area contributed by atoms with E-state index in [1.54, 1.807) is 0 Å². The van der Waals surface area contributed by atoms with Gasteiger partial charge in [-0.1, -0.05) is 237 Å². The summed E-state index contributed by atoms with van der Waals surface area (Å²) in [6, 6.07) is 91.2. The molecule has 12 rings (SSSR count). The molecule has 0 aliphatic heterocycles. The van der Waals surface area contributed by atoms with Gasteiger partial charge in [0, 0.05) is 33.4 Å². The lowest BCUT2D eigenvalue weighted by atomic mass is 9.83. The fourth-order valence-corrected chi connectivity index (χ4v) is 9.83. The van der Waals surface area contributed by atoms with Gasteiger partial charge in [-0.25, -0.2) is 9.97 Å². The van der Waals surface area contributed by atoms with Crippen LogP contribution in [0.15, 0.2) is 255 Å². The molecule has 0 unspecified atom stereocenters. The molecule has 2 heteroatoms. The minimum Gasteiger partial charge on any atom is -0.247 e. The van der Waals surface area contributed by atoms with Crippen molar-refractivity contribution in [3.05, 3.63) is 255 Å². The summed E-state index contributed by atoms with van der Waals surface area (Å²) in [4.78, 5) is 10.7. The van der Waals surface area contributed by atoms with Crippen LogP contribution in [-0.2, 0) is 0 Å². The number of nitrogens with zero attached hydrogens (tertiary/aromatic N) is 2. The van der Waals surface area contributed by atoms with Crippen LogP contribution in [0.4, 0.5) is 0 Å². The third-order valence-corrected chi connectivity index (χ3v) is 12.9. The minimum atomic E-state index is 0.955. The number of pyridine rings is 2. The maximum absolute atomic E-state index is 5.42. The third kappa shape index (κ3) is 6.93. The van der Waals surface area contributed by atoms with Crippen LogP contribution >= 0.6 is 0 Å². The van der Waals surface area contributed by atoms with Crippen molar-refractivity contribution in [3.8, 4) is 89.5 Å². The molecule has 0 fully saturated rings. The Kier molecular flexibility index (Phi) is 9.89. The Hall–Kier alpha value is -8.72. The first-order valence-corrected chi connectivity index (χ1v) is 22.6. The van der Waals surface area contributed by atoms with Gasteiger partial charge >= 0.3 is 0 Å². The number of hydrogen-bond acceptors (Lipinski definition) is 2. The van der Waals surface area contributed by atoms with Crippen molar-refractivity contribution in [1.29, 1.82) is 0 Å². The van der Waals surface area contributed by atoms with Gasteiger partial charge in [0.15, 0.2) is 0 Å². The highest BCUT2D eigenvalue weighted by molar-refractivity contribution is 6.25. The lowest BCUT2D eigenvalue weighted by molar-refractivity contribution is 1.32. The Morgan fingerprint density at radius 2 is 0.485 bits per heavy atom. The van der Waals surface area contributed by atoms with Gasteiger partial charge in [-0.15, -0.1) is 0 Å². The van der Waals surface area contributed by atoms with Crippen LogP contribution in [0.3, 0.4) is 0 Å². The predicted octanol–water partition coefficient (Wildman–Crippen LogP) is 17.3. The van der Waals surface area contributed by atoms with Gasteiger partial charge < -0.3 is 0 Å². The number of fused-ring (bicyclic) bond motifs is 3. The van der Waals surface area contributed by atoms with Crippen LogP contribution in [0.5, 0.6) is 0 Å². The van der Waals surface area contributed by atoms with E-state index in [1.807, 2.05) is 6.07 Å². The molecule has 0 radical (unpaired) electrons. The van der Waals surface area contributed by atoms with Crippen molar-refractivity contribution in [2.24, 2.45) is 0 Å². The Morgan fingerprint density at radius 3 is 0.939 bits per heavy atom. The quantitative estimate of drug-likeness (QED) is 0.143. The predicted molar refractivity (Wildman–Crippen MR) is 278 cm³/mol. The van der Waals surface area contributed by atoms with Gasteiger partial charge in [0.05, 0.1) is 22.8 Å². The van der Waals surface area contributed by atoms with Crippen molar-refractivity contribution in [2.75, 3.05) is 0 Å². The van der Waals surface area contributed by atoms with Crippen LogP contribution in [0.2, 0.25) is 0 Å². The van der Waals surface area contributed by atoms with Gasteiger partial charge in [-0.05, 0) is 83.9 Å². The van der Waals surface area contributed by atoms with Gasteiger partial charge in [0.2, 0.25) is 0 Å². The first kappa shape index (κ1) is 38.9. The van der Waals surface area contributed by atoms with Crippen molar-refractivity contribution in [1.82, 2.24) is 9.97 Å². The maximum Gasteiger partial charge on any atom is 0.0788 e. The summed E-state index contributed by atoms with van der Waals surface area (Å²) in [6.07, 6.45) is 0. The summed E-state index contributed by atoms with van der Waals surface area (Å²) in [5, 5.41) is 7.24. The summed E-state index contributed by atoms with van der Waals surface area (Å²) < 4.78 is 0. The first-order valence-electron chi connectivity index (χ1n) is 22.6. The summed E-state index contributed by atoms with van der Waals surface area (Å²) >= 11 is 0. The molecule has 2 heterocycles. The lowest BCUT2D eigenvalue weighted by Crippen LogP contribution is -1.96. The van der Waals surface area contributed by atoms with Gasteiger partial charge in [0.25, 0.3) is 0 Å². The molecule has 0 atom stereocenters. The summed E-state index contributed by atoms with van der Waals surface area (Å²) in [5.74, 6) is 0. The molecule has 308 valence electrons. The molecule has 0 N–H and O–H groups in total. The van der Waals surface area contributed by atoms with E-state index in [1.165, 1.54) is 60.1 Å². The maximum atomic E-state index is 5.42. The SMILES string of the molecule is c1ccc(-c2ccc(-c3ccc(-c4ccc(-c5c6ccccc6c(-c6ccc(-c7ccccc7)nc6-c6ccccc6)c6ccccc56)c5ccccc45)cc3)c(-c3ccccc3)n2)cc1. The molecule has 0 aliphatic rings. The summed E-state index contributed by atoms with van der Waals surface area (Å²) in [6.45, 7) is 0. The highest BCUT2D eigenvalue weighted by Crippen LogP contribution is 2.48. The van der Waals surface area contributed by atoms with E-state index < -0.39 is 0 Å². The second kappa shape index (κ2) is 16.8. The van der Waals surface area contributed by atoms with Gasteiger partial charge in [-0.3, -0.25) is 0 Å². The Balaban J connectivity index is 1.000. The summed E-state index contributed by atoms with van der Waals surface area (Å²) in [5.41, 5.74) is 17.6. The first-order chi connectivity index (χ1) is 32.8. The van der Waals surface area contributed by atoms with E-state index in [0.717, 1.165) is 61.7 Å². The van der Waals surface area contributed by atoms with Crippen molar-refractivity contribution in [2.45, 2.75) is 0 Å². The van der Waals surface area contributed by atoms with Gasteiger partial charge in [0.1, 0.15) is 0 Å². The molecule has 0 aliphatic carbocycles. The molecule has 2 nitrogen and oxygen atoms in total. The zero-order valence-electron chi connectivity index (χ0n) is 36.1. The van der Waals surface area contributed by atoms with Crippen molar-refractivity contribution in [3.63, 3.8) is 0 Å². The number of aromatic nitrogens is 2. The standard InChI is InChI=1S/C64H42N2/c1-5-19-45(20-6-1)59-41-39-50(63(65-59)47-23-9-3-10-24-47)44-35-33-43(34-36-44)49-37-38-57(52-28-14-13-27-51(49)52)61-53-29-15-17-31-55(53)62(56-32-18-16-30-54(56)61)58-40-42-60(46-21-7-2-8-22-46)66-64(58)48-25-11-4-12-26-48/h1-42H. The zero-order chi connectivity index (χ0) is 43.8. The largest absolute Gasteiger partial charge is 0.247 e. The van der Waals surface area contributed by atoms with Crippen LogP contribution < -0.4 is 0 Å². The molecular formula is C64H42N2.